The van der Waals surface area contributed by atoms with Crippen molar-refractivity contribution in [3.8, 4) is 12.3 Å². The van der Waals surface area contributed by atoms with Gasteiger partial charge >= 0.3 is 0 Å². The van der Waals surface area contributed by atoms with E-state index in [0.717, 1.165) is 12.8 Å². The predicted octanol–water partition coefficient (Wildman–Crippen LogP) is 2.42. The topological polar surface area (TPSA) is 12.0 Å². The average Bonchev–Trinajstić information content (AvgIpc) is 2.59. The van der Waals surface area contributed by atoms with Crippen molar-refractivity contribution in [3.63, 3.8) is 0 Å². The van der Waals surface area contributed by atoms with Crippen molar-refractivity contribution < 1.29 is 0 Å². The van der Waals surface area contributed by atoms with Gasteiger partial charge in [0.05, 0.1) is 0 Å². The molecule has 0 spiro atoms. The highest BCUT2D eigenvalue weighted by Gasteiger charge is 2.07. The third-order valence-electron chi connectivity index (χ3n) is 1.81. The summed E-state index contributed by atoms with van der Waals surface area (Å²) in [6.07, 6.45) is 7.07. The summed E-state index contributed by atoms with van der Waals surface area (Å²) in [5.41, 5.74) is 0. The Morgan fingerprint density at radius 2 is 2.58 bits per heavy atom. The molecule has 0 amide bonds. The first-order valence-corrected chi connectivity index (χ1v) is 4.90. The molecule has 0 fully saturated rings. The third kappa shape index (κ3) is 2.37. The van der Waals surface area contributed by atoms with Crippen LogP contribution in [0.15, 0.2) is 17.5 Å². The van der Waals surface area contributed by atoms with E-state index in [2.05, 4.69) is 28.8 Å². The minimum atomic E-state index is 0.432. The largest absolute Gasteiger partial charge is 0.312 e. The number of hydrogen-bond acceptors (Lipinski definition) is 2. The molecule has 1 atom stereocenters. The molecule has 1 aromatic rings. The maximum absolute atomic E-state index is 5.21. The standard InChI is InChI=1S/C10H13NS/c1-3-4-6-9(11-2)10-7-5-8-12-10/h1,5,7-9,11H,4,6H2,2H3. The van der Waals surface area contributed by atoms with Gasteiger partial charge in [-0.05, 0) is 24.9 Å². The smallest absolute Gasteiger partial charge is 0.0421 e. The average molecular weight is 179 g/mol. The van der Waals surface area contributed by atoms with Gasteiger partial charge in [0.2, 0.25) is 0 Å². The van der Waals surface area contributed by atoms with Gasteiger partial charge in [0.15, 0.2) is 0 Å². The normalized spacial score (nSPS) is 12.3. The van der Waals surface area contributed by atoms with Crippen LogP contribution in [-0.2, 0) is 0 Å². The summed E-state index contributed by atoms with van der Waals surface area (Å²) < 4.78 is 0. The van der Waals surface area contributed by atoms with Crippen LogP contribution >= 0.6 is 11.3 Å². The summed E-state index contributed by atoms with van der Waals surface area (Å²) in [6, 6.07) is 4.64. The summed E-state index contributed by atoms with van der Waals surface area (Å²) in [4.78, 5) is 1.37. The Bertz CT molecular complexity index is 245. The molecule has 1 N–H and O–H groups in total. The molecule has 0 aromatic carbocycles. The molecule has 0 bridgehead atoms. The summed E-state index contributed by atoms with van der Waals surface area (Å²) in [5.74, 6) is 2.66. The van der Waals surface area contributed by atoms with Gasteiger partial charge in [0.25, 0.3) is 0 Å². The third-order valence-corrected chi connectivity index (χ3v) is 2.80. The van der Waals surface area contributed by atoms with Gasteiger partial charge in [0, 0.05) is 17.3 Å². The number of terminal acetylenes is 1. The molecular weight excluding hydrogens is 166 g/mol. The fraction of sp³-hybridized carbons (Fsp3) is 0.400. The summed E-state index contributed by atoms with van der Waals surface area (Å²) in [5, 5.41) is 5.35. The number of nitrogens with one attached hydrogen (secondary N) is 1. The second-order valence-corrected chi connectivity index (χ2v) is 3.58. The molecule has 0 aliphatic carbocycles. The highest BCUT2D eigenvalue weighted by atomic mass is 32.1. The van der Waals surface area contributed by atoms with Crippen LogP contribution < -0.4 is 5.32 Å². The summed E-state index contributed by atoms with van der Waals surface area (Å²) in [6.45, 7) is 0. The monoisotopic (exact) mass is 179 g/mol. The summed E-state index contributed by atoms with van der Waals surface area (Å²) >= 11 is 1.77. The van der Waals surface area contributed by atoms with E-state index in [1.165, 1.54) is 4.88 Å². The highest BCUT2D eigenvalue weighted by Crippen LogP contribution is 2.22. The maximum Gasteiger partial charge on any atom is 0.0421 e. The Morgan fingerprint density at radius 1 is 1.75 bits per heavy atom. The zero-order chi connectivity index (χ0) is 8.81. The highest BCUT2D eigenvalue weighted by molar-refractivity contribution is 7.10. The lowest BCUT2D eigenvalue weighted by Gasteiger charge is -2.11. The first-order chi connectivity index (χ1) is 5.88. The van der Waals surface area contributed by atoms with E-state index in [9.17, 15) is 0 Å². The fourth-order valence-corrected chi connectivity index (χ4v) is 2.02. The molecule has 0 saturated heterocycles. The van der Waals surface area contributed by atoms with Crippen LogP contribution in [0.3, 0.4) is 0 Å². The van der Waals surface area contributed by atoms with Crippen molar-refractivity contribution in [2.75, 3.05) is 7.05 Å². The molecule has 0 aliphatic heterocycles. The lowest BCUT2D eigenvalue weighted by atomic mass is 10.1. The van der Waals surface area contributed by atoms with Crippen molar-refractivity contribution in [1.29, 1.82) is 0 Å². The minimum Gasteiger partial charge on any atom is -0.312 e. The molecular formula is C10H13NS. The number of rotatable bonds is 4. The van der Waals surface area contributed by atoms with Gasteiger partial charge < -0.3 is 5.32 Å². The Hall–Kier alpha value is -0.780. The van der Waals surface area contributed by atoms with Crippen molar-refractivity contribution in [1.82, 2.24) is 5.32 Å². The molecule has 0 saturated carbocycles. The van der Waals surface area contributed by atoms with E-state index in [4.69, 9.17) is 6.42 Å². The van der Waals surface area contributed by atoms with E-state index in [1.54, 1.807) is 11.3 Å². The van der Waals surface area contributed by atoms with Crippen LogP contribution in [-0.4, -0.2) is 7.05 Å². The quantitative estimate of drug-likeness (QED) is 0.700. The first kappa shape index (κ1) is 9.31. The lowest BCUT2D eigenvalue weighted by molar-refractivity contribution is 0.567. The van der Waals surface area contributed by atoms with Crippen LogP contribution in [0, 0.1) is 12.3 Å². The zero-order valence-corrected chi connectivity index (χ0v) is 8.03. The van der Waals surface area contributed by atoms with E-state index in [-0.39, 0.29) is 0 Å². The molecule has 1 nitrogen and oxygen atoms in total. The molecule has 1 unspecified atom stereocenters. The molecule has 12 heavy (non-hydrogen) atoms. The van der Waals surface area contributed by atoms with Gasteiger partial charge in [-0.15, -0.1) is 23.7 Å². The van der Waals surface area contributed by atoms with Crippen LogP contribution in [0.2, 0.25) is 0 Å². The molecule has 1 heterocycles. The van der Waals surface area contributed by atoms with Crippen LogP contribution in [0.25, 0.3) is 0 Å². The second kappa shape index (κ2) is 4.97. The van der Waals surface area contributed by atoms with Crippen molar-refractivity contribution in [3.05, 3.63) is 22.4 Å². The molecule has 2 heteroatoms. The van der Waals surface area contributed by atoms with Crippen LogP contribution in [0.4, 0.5) is 0 Å². The molecule has 0 radical (unpaired) electrons. The van der Waals surface area contributed by atoms with Gasteiger partial charge in [-0.2, -0.15) is 0 Å². The maximum atomic E-state index is 5.21. The molecule has 1 rings (SSSR count). The Balaban J connectivity index is 2.52. The Kier molecular flexibility index (Phi) is 3.86. The SMILES string of the molecule is C#CCCC(NC)c1cccs1. The van der Waals surface area contributed by atoms with Gasteiger partial charge in [-0.3, -0.25) is 0 Å². The zero-order valence-electron chi connectivity index (χ0n) is 7.21. The lowest BCUT2D eigenvalue weighted by Crippen LogP contribution is -2.14. The first-order valence-electron chi connectivity index (χ1n) is 4.02. The van der Waals surface area contributed by atoms with E-state index in [0.29, 0.717) is 6.04 Å². The van der Waals surface area contributed by atoms with Crippen LogP contribution in [0.5, 0.6) is 0 Å². The minimum absolute atomic E-state index is 0.432. The molecule has 1 aromatic heterocycles. The van der Waals surface area contributed by atoms with E-state index >= 15 is 0 Å². The van der Waals surface area contributed by atoms with Gasteiger partial charge in [-0.1, -0.05) is 6.07 Å². The Morgan fingerprint density at radius 3 is 3.08 bits per heavy atom. The van der Waals surface area contributed by atoms with E-state index in [1.807, 2.05) is 7.05 Å². The fourth-order valence-electron chi connectivity index (χ4n) is 1.15. The second-order valence-electron chi connectivity index (χ2n) is 2.60. The van der Waals surface area contributed by atoms with Gasteiger partial charge in [0.1, 0.15) is 0 Å². The van der Waals surface area contributed by atoms with Crippen molar-refractivity contribution >= 4 is 11.3 Å². The van der Waals surface area contributed by atoms with Crippen LogP contribution in [0.1, 0.15) is 23.8 Å². The number of hydrogen-bond donors (Lipinski definition) is 1. The van der Waals surface area contributed by atoms with Crippen molar-refractivity contribution in [2.24, 2.45) is 0 Å². The predicted molar refractivity (Wildman–Crippen MR) is 54.2 cm³/mol. The number of thiophene rings is 1. The van der Waals surface area contributed by atoms with E-state index < -0.39 is 0 Å². The van der Waals surface area contributed by atoms with Gasteiger partial charge in [-0.25, -0.2) is 0 Å². The van der Waals surface area contributed by atoms with Crippen molar-refractivity contribution in [2.45, 2.75) is 18.9 Å². The summed E-state index contributed by atoms with van der Waals surface area (Å²) in [7, 11) is 1.97. The molecule has 64 valence electrons. The Labute approximate surface area is 77.8 Å². The molecule has 0 aliphatic rings.